The van der Waals surface area contributed by atoms with Gasteiger partial charge in [0.2, 0.25) is 11.8 Å². The third-order valence-corrected chi connectivity index (χ3v) is 8.50. The van der Waals surface area contributed by atoms with Gasteiger partial charge in [-0.25, -0.2) is 8.42 Å². The summed E-state index contributed by atoms with van der Waals surface area (Å²) in [5.74, 6) is 0.194. The van der Waals surface area contributed by atoms with E-state index in [0.717, 1.165) is 28.3 Å². The number of carbonyl (C=O) groups excluding carboxylic acids is 2. The number of aryl methyl sites for hydroxylation is 1. The number of hydrogen-bond acceptors (Lipinski definition) is 6. The molecule has 3 aromatic carbocycles. The number of methoxy groups -OCH3 is 2. The van der Waals surface area contributed by atoms with Crippen molar-refractivity contribution >= 4 is 27.5 Å². The van der Waals surface area contributed by atoms with E-state index in [1.165, 1.54) is 24.1 Å². The van der Waals surface area contributed by atoms with Crippen molar-refractivity contribution in [2.24, 2.45) is 0 Å². The van der Waals surface area contributed by atoms with E-state index in [1.807, 2.05) is 19.9 Å². The van der Waals surface area contributed by atoms with E-state index in [1.54, 1.807) is 68.6 Å². The maximum Gasteiger partial charge on any atom is 0.264 e. The number of rotatable bonds is 14. The number of ether oxygens (including phenoxy) is 2. The summed E-state index contributed by atoms with van der Waals surface area (Å²) >= 11 is 0. The molecular weight excluding hydrogens is 542 g/mol. The van der Waals surface area contributed by atoms with Gasteiger partial charge in [0.25, 0.3) is 10.0 Å². The second kappa shape index (κ2) is 14.5. The SMILES string of the molecule is CCCCNC(=O)[C@H](C)N(Cc1cccc(OC)c1)C(=O)CN(c1cccc(OC)c1)S(=O)(=O)c1ccc(C)cc1. The highest BCUT2D eigenvalue weighted by Gasteiger charge is 2.32. The number of unbranched alkanes of at least 4 members (excludes halogenated alkanes) is 1. The maximum absolute atomic E-state index is 14.0. The lowest BCUT2D eigenvalue weighted by Gasteiger charge is -2.32. The lowest BCUT2D eigenvalue weighted by atomic mass is 10.1. The van der Waals surface area contributed by atoms with Crippen LogP contribution in [-0.4, -0.2) is 58.5 Å². The van der Waals surface area contributed by atoms with E-state index in [-0.39, 0.29) is 23.0 Å². The number of carbonyl (C=O) groups is 2. The molecule has 0 aliphatic rings. The second-order valence-electron chi connectivity index (χ2n) is 9.72. The van der Waals surface area contributed by atoms with Crippen LogP contribution >= 0.6 is 0 Å². The lowest BCUT2D eigenvalue weighted by Crippen LogP contribution is -2.51. The summed E-state index contributed by atoms with van der Waals surface area (Å²) in [6, 6.07) is 19.3. The van der Waals surface area contributed by atoms with Gasteiger partial charge >= 0.3 is 0 Å². The van der Waals surface area contributed by atoms with Crippen molar-refractivity contribution in [3.63, 3.8) is 0 Å². The van der Waals surface area contributed by atoms with Crippen molar-refractivity contribution in [2.75, 3.05) is 31.6 Å². The fraction of sp³-hybridized carbons (Fsp3) is 0.355. The Hall–Kier alpha value is -4.05. The Kier molecular flexibility index (Phi) is 11.2. The average molecular weight is 582 g/mol. The van der Waals surface area contributed by atoms with Crippen LogP contribution in [0.25, 0.3) is 0 Å². The Bertz CT molecular complexity index is 1430. The van der Waals surface area contributed by atoms with Crippen molar-refractivity contribution in [1.29, 1.82) is 0 Å². The predicted octanol–water partition coefficient (Wildman–Crippen LogP) is 4.54. The minimum atomic E-state index is -4.16. The Labute approximate surface area is 243 Å². The van der Waals surface area contributed by atoms with Crippen LogP contribution in [0.4, 0.5) is 5.69 Å². The average Bonchev–Trinajstić information content (AvgIpc) is 2.98. The molecule has 3 rings (SSSR count). The van der Waals surface area contributed by atoms with Gasteiger partial charge in [-0.15, -0.1) is 0 Å². The van der Waals surface area contributed by atoms with E-state index >= 15 is 0 Å². The highest BCUT2D eigenvalue weighted by Crippen LogP contribution is 2.28. The number of sulfonamides is 1. The summed E-state index contributed by atoms with van der Waals surface area (Å²) in [4.78, 5) is 28.6. The van der Waals surface area contributed by atoms with Crippen molar-refractivity contribution < 1.29 is 27.5 Å². The van der Waals surface area contributed by atoms with Crippen LogP contribution in [0.5, 0.6) is 11.5 Å². The Balaban J connectivity index is 2.03. The lowest BCUT2D eigenvalue weighted by molar-refractivity contribution is -0.139. The van der Waals surface area contributed by atoms with E-state index in [2.05, 4.69) is 5.32 Å². The first-order valence-corrected chi connectivity index (χ1v) is 15.0. The fourth-order valence-electron chi connectivity index (χ4n) is 4.22. The number of nitrogens with one attached hydrogen (secondary N) is 1. The predicted molar refractivity (Wildman–Crippen MR) is 160 cm³/mol. The summed E-state index contributed by atoms with van der Waals surface area (Å²) in [5.41, 5.74) is 1.90. The molecule has 2 amide bonds. The van der Waals surface area contributed by atoms with Crippen molar-refractivity contribution in [3.05, 3.63) is 83.9 Å². The largest absolute Gasteiger partial charge is 0.497 e. The van der Waals surface area contributed by atoms with Gasteiger partial charge in [0.1, 0.15) is 24.1 Å². The smallest absolute Gasteiger partial charge is 0.264 e. The van der Waals surface area contributed by atoms with Gasteiger partial charge in [-0.2, -0.15) is 0 Å². The minimum Gasteiger partial charge on any atom is -0.497 e. The molecule has 9 nitrogen and oxygen atoms in total. The molecule has 0 fully saturated rings. The number of amides is 2. The van der Waals surface area contributed by atoms with Gasteiger partial charge in [0.15, 0.2) is 0 Å². The Morgan fingerprint density at radius 2 is 1.56 bits per heavy atom. The van der Waals surface area contributed by atoms with Crippen LogP contribution < -0.4 is 19.1 Å². The van der Waals surface area contributed by atoms with E-state index in [9.17, 15) is 18.0 Å². The third kappa shape index (κ3) is 8.23. The molecule has 0 unspecified atom stereocenters. The monoisotopic (exact) mass is 581 g/mol. The molecule has 0 aliphatic carbocycles. The molecule has 0 heterocycles. The molecule has 0 spiro atoms. The second-order valence-corrected chi connectivity index (χ2v) is 11.6. The van der Waals surface area contributed by atoms with Gasteiger partial charge in [0, 0.05) is 19.2 Å². The summed E-state index contributed by atoms with van der Waals surface area (Å²) in [6.07, 6.45) is 1.72. The molecule has 3 aromatic rings. The van der Waals surface area contributed by atoms with Crippen LogP contribution in [0.15, 0.2) is 77.7 Å². The van der Waals surface area contributed by atoms with Crippen LogP contribution in [0, 0.1) is 6.92 Å². The van der Waals surface area contributed by atoms with Crippen molar-refractivity contribution in [1.82, 2.24) is 10.2 Å². The van der Waals surface area contributed by atoms with Crippen LogP contribution in [0.1, 0.15) is 37.8 Å². The Morgan fingerprint density at radius 1 is 0.927 bits per heavy atom. The quantitative estimate of drug-likeness (QED) is 0.280. The molecule has 0 aliphatic heterocycles. The number of anilines is 1. The zero-order valence-electron chi connectivity index (χ0n) is 24.3. The first-order valence-electron chi connectivity index (χ1n) is 13.5. The molecule has 0 bridgehead atoms. The van der Waals surface area contributed by atoms with Gasteiger partial charge in [0.05, 0.1) is 24.8 Å². The van der Waals surface area contributed by atoms with Gasteiger partial charge < -0.3 is 19.7 Å². The normalized spacial score (nSPS) is 11.8. The van der Waals surface area contributed by atoms with E-state index in [0.29, 0.717) is 18.0 Å². The first-order chi connectivity index (χ1) is 19.6. The summed E-state index contributed by atoms with van der Waals surface area (Å²) in [6.45, 7) is 5.57. The molecule has 220 valence electrons. The van der Waals surface area contributed by atoms with Crippen LogP contribution in [0.2, 0.25) is 0 Å². The van der Waals surface area contributed by atoms with E-state index in [4.69, 9.17) is 9.47 Å². The minimum absolute atomic E-state index is 0.0448. The van der Waals surface area contributed by atoms with Crippen molar-refractivity contribution in [3.8, 4) is 11.5 Å². The summed E-state index contributed by atoms with van der Waals surface area (Å²) < 4.78 is 39.6. The molecule has 0 saturated carbocycles. The molecule has 0 aromatic heterocycles. The number of benzene rings is 3. The standard InChI is InChI=1S/C31H39N3O6S/c1-6-7-18-32-31(36)24(3)33(21-25-10-8-12-27(19-25)39-4)30(35)22-34(26-11-9-13-28(20-26)40-5)41(37,38)29-16-14-23(2)15-17-29/h8-17,19-20,24H,6-7,18,21-22H2,1-5H3,(H,32,36)/t24-/m0/s1. The topological polar surface area (TPSA) is 105 Å². The highest BCUT2D eigenvalue weighted by atomic mass is 32.2. The molecule has 0 saturated heterocycles. The van der Waals surface area contributed by atoms with Gasteiger partial charge in [-0.1, -0.05) is 49.2 Å². The van der Waals surface area contributed by atoms with Crippen LogP contribution in [-0.2, 0) is 26.2 Å². The highest BCUT2D eigenvalue weighted by molar-refractivity contribution is 7.92. The molecule has 1 atom stereocenters. The van der Waals surface area contributed by atoms with E-state index < -0.39 is 28.5 Å². The number of hydrogen-bond donors (Lipinski definition) is 1. The zero-order chi connectivity index (χ0) is 30.0. The molecular formula is C31H39N3O6S. The third-order valence-electron chi connectivity index (χ3n) is 6.71. The zero-order valence-corrected chi connectivity index (χ0v) is 25.1. The Morgan fingerprint density at radius 3 is 2.20 bits per heavy atom. The fourth-order valence-corrected chi connectivity index (χ4v) is 5.62. The molecule has 0 radical (unpaired) electrons. The maximum atomic E-state index is 14.0. The number of nitrogens with zero attached hydrogens (tertiary/aromatic N) is 2. The molecule has 41 heavy (non-hydrogen) atoms. The van der Waals surface area contributed by atoms with Crippen molar-refractivity contribution in [2.45, 2.75) is 51.1 Å². The molecule has 10 heteroatoms. The first kappa shape index (κ1) is 31.5. The van der Waals surface area contributed by atoms with Gasteiger partial charge in [-0.3, -0.25) is 13.9 Å². The summed E-state index contributed by atoms with van der Waals surface area (Å²) in [7, 11) is -1.13. The van der Waals surface area contributed by atoms with Gasteiger partial charge in [-0.05, 0) is 62.2 Å². The van der Waals surface area contributed by atoms with Crippen LogP contribution in [0.3, 0.4) is 0 Å². The molecule has 1 N–H and O–H groups in total. The summed E-state index contributed by atoms with van der Waals surface area (Å²) in [5, 5.41) is 2.88.